The summed E-state index contributed by atoms with van der Waals surface area (Å²) in [5, 5.41) is 0. The van der Waals surface area contributed by atoms with Crippen LogP contribution in [0.25, 0.3) is 0 Å². The minimum atomic E-state index is -3.67. The van der Waals surface area contributed by atoms with Gasteiger partial charge in [-0.1, -0.05) is 0 Å². The molecule has 2 aromatic rings. The van der Waals surface area contributed by atoms with Crippen molar-refractivity contribution >= 4 is 15.8 Å². The highest BCUT2D eigenvalue weighted by Gasteiger charge is 2.19. The zero-order valence-electron chi connectivity index (χ0n) is 14.5. The van der Waals surface area contributed by atoms with E-state index in [2.05, 4.69) is 14.7 Å². The van der Waals surface area contributed by atoms with E-state index < -0.39 is 10.0 Å². The molecule has 0 aliphatic carbocycles. The average Bonchev–Trinajstić information content (AvgIpc) is 2.55. The van der Waals surface area contributed by atoms with Crippen LogP contribution in [0, 0.1) is 13.8 Å². The molecule has 1 heterocycles. The predicted molar refractivity (Wildman–Crippen MR) is 92.9 cm³/mol. The highest BCUT2D eigenvalue weighted by Crippen LogP contribution is 2.25. The Balaban J connectivity index is 2.23. The number of aromatic nitrogens is 2. The number of anilines is 1. The highest BCUT2D eigenvalue weighted by molar-refractivity contribution is 7.89. The van der Waals surface area contributed by atoms with Crippen molar-refractivity contribution in [3.05, 3.63) is 41.3 Å². The molecule has 1 aromatic heterocycles. The fourth-order valence-corrected chi connectivity index (χ4v) is 3.52. The predicted octanol–water partition coefficient (Wildman–Crippen LogP) is 1.65. The molecule has 0 bridgehead atoms. The van der Waals surface area contributed by atoms with E-state index in [1.165, 1.54) is 0 Å². The van der Waals surface area contributed by atoms with Crippen molar-refractivity contribution < 1.29 is 13.2 Å². The van der Waals surface area contributed by atoms with Crippen LogP contribution in [0.2, 0.25) is 0 Å². The van der Waals surface area contributed by atoms with Crippen LogP contribution in [0.4, 0.5) is 5.82 Å². The number of benzene rings is 1. The van der Waals surface area contributed by atoms with E-state index >= 15 is 0 Å². The number of nitrogens with one attached hydrogen (secondary N) is 1. The van der Waals surface area contributed by atoms with E-state index in [1.807, 2.05) is 19.0 Å². The Labute approximate surface area is 142 Å². The van der Waals surface area contributed by atoms with Crippen LogP contribution >= 0.6 is 0 Å². The number of hydrogen-bond acceptors (Lipinski definition) is 6. The first-order valence-electron chi connectivity index (χ1n) is 7.38. The Hall–Kier alpha value is -2.19. The summed E-state index contributed by atoms with van der Waals surface area (Å²) in [6.45, 7) is 3.56. The lowest BCUT2D eigenvalue weighted by Gasteiger charge is -2.14. The van der Waals surface area contributed by atoms with Crippen LogP contribution in [-0.2, 0) is 16.6 Å². The molecule has 0 atom stereocenters. The Bertz CT molecular complexity index is 835. The summed E-state index contributed by atoms with van der Waals surface area (Å²) >= 11 is 0. The Morgan fingerprint density at radius 2 is 1.92 bits per heavy atom. The van der Waals surface area contributed by atoms with E-state index in [0.717, 1.165) is 11.4 Å². The maximum atomic E-state index is 12.6. The van der Waals surface area contributed by atoms with Crippen LogP contribution < -0.4 is 14.4 Å². The molecule has 0 spiro atoms. The van der Waals surface area contributed by atoms with Gasteiger partial charge >= 0.3 is 0 Å². The van der Waals surface area contributed by atoms with Crippen LogP contribution in [0.15, 0.2) is 29.3 Å². The van der Waals surface area contributed by atoms with E-state index in [1.54, 1.807) is 45.4 Å². The molecule has 8 heteroatoms. The van der Waals surface area contributed by atoms with Crippen molar-refractivity contribution in [3.63, 3.8) is 0 Å². The molecule has 0 unspecified atom stereocenters. The van der Waals surface area contributed by atoms with E-state index in [9.17, 15) is 8.42 Å². The van der Waals surface area contributed by atoms with Crippen molar-refractivity contribution in [1.82, 2.24) is 14.7 Å². The van der Waals surface area contributed by atoms with Gasteiger partial charge in [0.05, 0.1) is 18.6 Å². The molecule has 0 saturated carbocycles. The lowest BCUT2D eigenvalue weighted by atomic mass is 10.1. The first kappa shape index (κ1) is 18.2. The molecule has 24 heavy (non-hydrogen) atoms. The molecule has 130 valence electrons. The summed E-state index contributed by atoms with van der Waals surface area (Å²) in [4.78, 5) is 10.5. The molecular weight excluding hydrogens is 328 g/mol. The quantitative estimate of drug-likeness (QED) is 0.853. The zero-order chi connectivity index (χ0) is 17.9. The topological polar surface area (TPSA) is 84.4 Å². The summed E-state index contributed by atoms with van der Waals surface area (Å²) in [6, 6.07) is 5.08. The van der Waals surface area contributed by atoms with Gasteiger partial charge in [0.25, 0.3) is 0 Å². The number of sulfonamides is 1. The second kappa shape index (κ2) is 7.14. The Morgan fingerprint density at radius 1 is 1.21 bits per heavy atom. The third kappa shape index (κ3) is 4.01. The lowest BCUT2D eigenvalue weighted by Crippen LogP contribution is -2.25. The van der Waals surface area contributed by atoms with Gasteiger partial charge in [0.2, 0.25) is 10.0 Å². The number of rotatable bonds is 6. The van der Waals surface area contributed by atoms with Crippen molar-refractivity contribution in [2.24, 2.45) is 0 Å². The molecular formula is C16H22N4O3S. The second-order valence-electron chi connectivity index (χ2n) is 5.64. The van der Waals surface area contributed by atoms with Crippen molar-refractivity contribution in [3.8, 4) is 5.75 Å². The minimum absolute atomic E-state index is 0.0224. The lowest BCUT2D eigenvalue weighted by molar-refractivity contribution is 0.411. The highest BCUT2D eigenvalue weighted by atomic mass is 32.2. The van der Waals surface area contributed by atoms with Gasteiger partial charge in [-0.15, -0.1) is 0 Å². The van der Waals surface area contributed by atoms with Gasteiger partial charge in [0, 0.05) is 20.3 Å². The van der Waals surface area contributed by atoms with Gasteiger partial charge in [-0.05, 0) is 43.2 Å². The van der Waals surface area contributed by atoms with Gasteiger partial charge in [-0.25, -0.2) is 23.1 Å². The molecule has 2 rings (SSSR count). The molecule has 0 saturated heterocycles. The first-order valence-corrected chi connectivity index (χ1v) is 8.87. The summed E-state index contributed by atoms with van der Waals surface area (Å²) in [7, 11) is 1.61. The van der Waals surface area contributed by atoms with Crippen LogP contribution in [0.5, 0.6) is 5.75 Å². The van der Waals surface area contributed by atoms with Crippen molar-refractivity contribution in [1.29, 1.82) is 0 Å². The molecule has 1 aromatic carbocycles. The van der Waals surface area contributed by atoms with Crippen LogP contribution in [0.3, 0.4) is 0 Å². The fraction of sp³-hybridized carbons (Fsp3) is 0.375. The number of hydrogen-bond donors (Lipinski definition) is 1. The summed E-state index contributed by atoms with van der Waals surface area (Å²) in [6.07, 6.45) is 1.61. The van der Waals surface area contributed by atoms with Gasteiger partial charge in [-0.2, -0.15) is 0 Å². The monoisotopic (exact) mass is 350 g/mol. The SMILES string of the molecule is COc1cc(C)c(S(=O)(=O)NCc2nccc(N(C)C)n2)cc1C. The summed E-state index contributed by atoms with van der Waals surface area (Å²) < 4.78 is 32.9. The van der Waals surface area contributed by atoms with Crippen LogP contribution in [0.1, 0.15) is 17.0 Å². The smallest absolute Gasteiger partial charge is 0.241 e. The number of ether oxygens (including phenoxy) is 1. The normalized spacial score (nSPS) is 11.4. The largest absolute Gasteiger partial charge is 0.496 e. The molecule has 7 nitrogen and oxygen atoms in total. The summed E-state index contributed by atoms with van der Waals surface area (Å²) in [5.74, 6) is 1.79. The zero-order valence-corrected chi connectivity index (χ0v) is 15.3. The molecule has 1 N–H and O–H groups in total. The van der Waals surface area contributed by atoms with Crippen LogP contribution in [-0.4, -0.2) is 39.6 Å². The number of aryl methyl sites for hydroxylation is 2. The third-order valence-corrected chi connectivity index (χ3v) is 5.09. The van der Waals surface area contributed by atoms with Crippen molar-refractivity contribution in [2.75, 3.05) is 26.1 Å². The Kier molecular flexibility index (Phi) is 5.40. The number of nitrogens with zero attached hydrogens (tertiary/aromatic N) is 3. The van der Waals surface area contributed by atoms with E-state index in [4.69, 9.17) is 4.74 Å². The maximum absolute atomic E-state index is 12.6. The molecule has 0 amide bonds. The van der Waals surface area contributed by atoms with E-state index in [0.29, 0.717) is 17.1 Å². The third-order valence-electron chi connectivity index (χ3n) is 3.55. The standard InChI is InChI=1S/C16H22N4O3S/c1-11-9-14(12(2)8-13(11)23-5)24(21,22)18-10-15-17-7-6-16(19-15)20(3)4/h6-9,18H,10H2,1-5H3. The average molecular weight is 350 g/mol. The molecule has 0 radical (unpaired) electrons. The summed E-state index contributed by atoms with van der Waals surface area (Å²) in [5.41, 5.74) is 1.38. The molecule has 0 aliphatic rings. The maximum Gasteiger partial charge on any atom is 0.241 e. The first-order chi connectivity index (χ1) is 11.2. The van der Waals surface area contributed by atoms with Gasteiger partial charge < -0.3 is 9.64 Å². The van der Waals surface area contributed by atoms with Crippen molar-refractivity contribution in [2.45, 2.75) is 25.3 Å². The molecule has 0 aliphatic heterocycles. The number of methoxy groups -OCH3 is 1. The fourth-order valence-electron chi connectivity index (χ4n) is 2.23. The van der Waals surface area contributed by atoms with Gasteiger partial charge in [0.1, 0.15) is 17.4 Å². The molecule has 0 fully saturated rings. The van der Waals surface area contributed by atoms with Gasteiger partial charge in [0.15, 0.2) is 0 Å². The minimum Gasteiger partial charge on any atom is -0.496 e. The van der Waals surface area contributed by atoms with Gasteiger partial charge in [-0.3, -0.25) is 0 Å². The Morgan fingerprint density at radius 3 is 2.54 bits per heavy atom. The second-order valence-corrected chi connectivity index (χ2v) is 7.37. The van der Waals surface area contributed by atoms with E-state index in [-0.39, 0.29) is 11.4 Å².